The van der Waals surface area contributed by atoms with Crippen molar-refractivity contribution in [1.29, 1.82) is 0 Å². The van der Waals surface area contributed by atoms with Crippen molar-refractivity contribution >= 4 is 12.0 Å². The van der Waals surface area contributed by atoms with Crippen LogP contribution in [0.3, 0.4) is 0 Å². The van der Waals surface area contributed by atoms with Crippen molar-refractivity contribution < 1.29 is 23.4 Å². The summed E-state index contributed by atoms with van der Waals surface area (Å²) in [5.41, 5.74) is 0.485. The van der Waals surface area contributed by atoms with Gasteiger partial charge in [-0.05, 0) is 25.1 Å². The van der Waals surface area contributed by atoms with E-state index < -0.39 is 0 Å². The Morgan fingerprint density at radius 2 is 2.28 bits per heavy atom. The number of carbonyl (C=O) groups is 1. The number of furan rings is 1. The first kappa shape index (κ1) is 12.9. The molecule has 5 nitrogen and oxygen atoms in total. The number of ether oxygens (including phenoxy) is 3. The van der Waals surface area contributed by atoms with E-state index in [0.29, 0.717) is 37.6 Å². The predicted octanol–water partition coefficient (Wildman–Crippen LogP) is 1.99. The van der Waals surface area contributed by atoms with Gasteiger partial charge in [0, 0.05) is 12.0 Å². The molecule has 2 rings (SSSR count). The molecule has 0 unspecified atom stereocenters. The Morgan fingerprint density at radius 1 is 1.50 bits per heavy atom. The van der Waals surface area contributed by atoms with E-state index in [2.05, 4.69) is 0 Å². The molecule has 5 heteroatoms. The lowest BCUT2D eigenvalue weighted by Crippen LogP contribution is -2.15. The van der Waals surface area contributed by atoms with E-state index in [0.717, 1.165) is 0 Å². The monoisotopic (exact) mass is 252 g/mol. The van der Waals surface area contributed by atoms with Gasteiger partial charge in [-0.2, -0.15) is 0 Å². The van der Waals surface area contributed by atoms with Crippen molar-refractivity contribution in [2.75, 3.05) is 19.8 Å². The third-order valence-corrected chi connectivity index (χ3v) is 2.47. The fourth-order valence-electron chi connectivity index (χ4n) is 1.67. The maximum absolute atomic E-state index is 11.8. The minimum absolute atomic E-state index is 0.334. The number of esters is 1. The summed E-state index contributed by atoms with van der Waals surface area (Å²) in [6.07, 6.45) is 3.19. The zero-order valence-corrected chi connectivity index (χ0v) is 10.3. The summed E-state index contributed by atoms with van der Waals surface area (Å²) >= 11 is 0. The smallest absolute Gasteiger partial charge is 0.334 e. The summed E-state index contributed by atoms with van der Waals surface area (Å²) in [5, 5.41) is 0. The topological polar surface area (TPSA) is 57.9 Å². The van der Waals surface area contributed by atoms with Crippen molar-refractivity contribution in [1.82, 2.24) is 0 Å². The lowest BCUT2D eigenvalue weighted by molar-refractivity contribution is -0.139. The Bertz CT molecular complexity index is 401. The van der Waals surface area contributed by atoms with E-state index in [1.807, 2.05) is 0 Å². The van der Waals surface area contributed by atoms with Gasteiger partial charge < -0.3 is 18.6 Å². The molecule has 2 heterocycles. The summed E-state index contributed by atoms with van der Waals surface area (Å²) in [5.74, 6) is 0.240. The molecule has 0 aliphatic carbocycles. The summed E-state index contributed by atoms with van der Waals surface area (Å²) in [7, 11) is 0. The summed E-state index contributed by atoms with van der Waals surface area (Å²) in [6.45, 7) is 3.22. The van der Waals surface area contributed by atoms with Gasteiger partial charge in [-0.15, -0.1) is 0 Å². The third kappa shape index (κ3) is 3.45. The van der Waals surface area contributed by atoms with Crippen LogP contribution >= 0.6 is 0 Å². The SMILES string of the molecule is CCOC(=O)C(=Cc1ccco1)CC1OCCO1. The quantitative estimate of drug-likeness (QED) is 0.592. The van der Waals surface area contributed by atoms with Gasteiger partial charge in [0.2, 0.25) is 0 Å². The first-order valence-corrected chi connectivity index (χ1v) is 5.94. The molecule has 18 heavy (non-hydrogen) atoms. The van der Waals surface area contributed by atoms with Crippen LogP contribution in [0.4, 0.5) is 0 Å². The molecule has 0 bridgehead atoms. The predicted molar refractivity (Wildman–Crippen MR) is 63.6 cm³/mol. The molecular weight excluding hydrogens is 236 g/mol. The Hall–Kier alpha value is -1.59. The molecule has 0 spiro atoms. The lowest BCUT2D eigenvalue weighted by Gasteiger charge is -2.11. The van der Waals surface area contributed by atoms with E-state index in [4.69, 9.17) is 18.6 Å². The first-order chi connectivity index (χ1) is 8.79. The highest BCUT2D eigenvalue weighted by Crippen LogP contribution is 2.18. The molecule has 0 radical (unpaired) electrons. The minimum atomic E-state index is -0.379. The van der Waals surface area contributed by atoms with Crippen molar-refractivity contribution in [3.63, 3.8) is 0 Å². The van der Waals surface area contributed by atoms with Gasteiger partial charge in [-0.1, -0.05) is 0 Å². The minimum Gasteiger partial charge on any atom is -0.465 e. The Morgan fingerprint density at radius 3 is 2.89 bits per heavy atom. The van der Waals surface area contributed by atoms with Crippen LogP contribution in [0.25, 0.3) is 6.08 Å². The molecule has 0 atom stereocenters. The second-order valence-corrected chi connectivity index (χ2v) is 3.78. The number of hydrogen-bond acceptors (Lipinski definition) is 5. The van der Waals surface area contributed by atoms with Crippen molar-refractivity contribution in [2.45, 2.75) is 19.6 Å². The van der Waals surface area contributed by atoms with Crippen molar-refractivity contribution in [2.24, 2.45) is 0 Å². The Labute approximate surface area is 105 Å². The van der Waals surface area contributed by atoms with Gasteiger partial charge in [0.25, 0.3) is 0 Å². The summed E-state index contributed by atoms with van der Waals surface area (Å²) in [4.78, 5) is 11.8. The molecule has 0 amide bonds. The molecule has 1 aromatic heterocycles. The fraction of sp³-hybridized carbons (Fsp3) is 0.462. The maximum Gasteiger partial charge on any atom is 0.334 e. The van der Waals surface area contributed by atoms with Gasteiger partial charge in [-0.25, -0.2) is 4.79 Å². The van der Waals surface area contributed by atoms with E-state index in [-0.39, 0.29) is 12.3 Å². The molecule has 1 aromatic rings. The van der Waals surface area contributed by atoms with Crippen molar-refractivity contribution in [3.8, 4) is 0 Å². The summed E-state index contributed by atoms with van der Waals surface area (Å²) in [6, 6.07) is 3.53. The van der Waals surface area contributed by atoms with Crippen LogP contribution in [0.2, 0.25) is 0 Å². The summed E-state index contributed by atoms with van der Waals surface area (Å²) < 4.78 is 20.9. The van der Waals surface area contributed by atoms with Crippen LogP contribution < -0.4 is 0 Å². The van der Waals surface area contributed by atoms with E-state index in [1.165, 1.54) is 0 Å². The van der Waals surface area contributed by atoms with Gasteiger partial charge in [-0.3, -0.25) is 0 Å². The van der Waals surface area contributed by atoms with Crippen LogP contribution in [0, 0.1) is 0 Å². The number of carbonyl (C=O) groups excluding carboxylic acids is 1. The van der Waals surface area contributed by atoms with E-state index in [1.54, 1.807) is 31.4 Å². The third-order valence-electron chi connectivity index (χ3n) is 2.47. The highest BCUT2D eigenvalue weighted by Gasteiger charge is 2.22. The van der Waals surface area contributed by atoms with E-state index in [9.17, 15) is 4.79 Å². The van der Waals surface area contributed by atoms with Gasteiger partial charge in [0.15, 0.2) is 6.29 Å². The van der Waals surface area contributed by atoms with Gasteiger partial charge in [0.05, 0.1) is 26.1 Å². The zero-order chi connectivity index (χ0) is 12.8. The van der Waals surface area contributed by atoms with E-state index >= 15 is 0 Å². The number of rotatable bonds is 5. The lowest BCUT2D eigenvalue weighted by atomic mass is 10.1. The van der Waals surface area contributed by atoms with Crippen LogP contribution in [0.15, 0.2) is 28.4 Å². The van der Waals surface area contributed by atoms with Gasteiger partial charge in [0.1, 0.15) is 5.76 Å². The van der Waals surface area contributed by atoms with Crippen LogP contribution in [0.1, 0.15) is 19.1 Å². The standard InChI is InChI=1S/C13H16O5/c1-2-15-13(14)10(8-11-4-3-5-16-11)9-12-17-6-7-18-12/h3-5,8,12H,2,6-7,9H2,1H3. The highest BCUT2D eigenvalue weighted by atomic mass is 16.7. The molecule has 0 N–H and O–H groups in total. The highest BCUT2D eigenvalue weighted by molar-refractivity contribution is 5.93. The normalized spacial score (nSPS) is 17.1. The number of hydrogen-bond donors (Lipinski definition) is 0. The molecular formula is C13H16O5. The van der Waals surface area contributed by atoms with Crippen LogP contribution in [0.5, 0.6) is 0 Å². The van der Waals surface area contributed by atoms with Gasteiger partial charge >= 0.3 is 5.97 Å². The molecule has 1 fully saturated rings. The van der Waals surface area contributed by atoms with Crippen LogP contribution in [-0.2, 0) is 19.0 Å². The molecule has 1 saturated heterocycles. The molecule has 1 aliphatic heterocycles. The largest absolute Gasteiger partial charge is 0.465 e. The maximum atomic E-state index is 11.8. The molecule has 98 valence electrons. The molecule has 0 aromatic carbocycles. The fourth-order valence-corrected chi connectivity index (χ4v) is 1.67. The average molecular weight is 252 g/mol. The Balaban J connectivity index is 2.08. The van der Waals surface area contributed by atoms with Crippen LogP contribution in [-0.4, -0.2) is 32.1 Å². The van der Waals surface area contributed by atoms with Crippen molar-refractivity contribution in [3.05, 3.63) is 29.7 Å². The molecule has 1 aliphatic rings. The second kappa shape index (κ2) is 6.37. The zero-order valence-electron chi connectivity index (χ0n) is 10.3. The Kier molecular flexibility index (Phi) is 4.55. The first-order valence-electron chi connectivity index (χ1n) is 5.94. The second-order valence-electron chi connectivity index (χ2n) is 3.78. The average Bonchev–Trinajstić information content (AvgIpc) is 3.01. The molecule has 0 saturated carbocycles.